The molecule has 0 spiro atoms. The van der Waals surface area contributed by atoms with Gasteiger partial charge in [-0.15, -0.1) is 0 Å². The molecule has 1 aromatic heterocycles. The minimum absolute atomic E-state index is 0.183. The number of fused-ring (bicyclic) bond motifs is 2. The number of rotatable bonds is 3. The first-order valence-electron chi connectivity index (χ1n) is 7.88. The minimum atomic E-state index is -1.40. The number of ether oxygens (including phenoxy) is 1. The number of carboxylic acid groups (broad SMARTS) is 1. The van der Waals surface area contributed by atoms with Crippen molar-refractivity contribution in [1.29, 1.82) is 0 Å². The molecular formula is C20H13ClFNO3. The first-order chi connectivity index (χ1) is 12.5. The van der Waals surface area contributed by atoms with Crippen LogP contribution in [0.1, 0.15) is 5.56 Å². The summed E-state index contributed by atoms with van der Waals surface area (Å²) in [6, 6.07) is 17.2. The van der Waals surface area contributed by atoms with Gasteiger partial charge in [0.05, 0.1) is 12.1 Å². The first kappa shape index (κ1) is 16.4. The van der Waals surface area contributed by atoms with E-state index in [2.05, 4.69) is 0 Å². The van der Waals surface area contributed by atoms with Gasteiger partial charge >= 0.3 is 6.16 Å². The maximum Gasteiger partial charge on any atom is 0.512 e. The van der Waals surface area contributed by atoms with Crippen molar-refractivity contribution < 1.29 is 19.0 Å². The second kappa shape index (κ2) is 6.35. The molecule has 0 fully saturated rings. The van der Waals surface area contributed by atoms with Crippen LogP contribution in [0.5, 0.6) is 5.88 Å². The molecule has 4 aromatic rings. The van der Waals surface area contributed by atoms with E-state index in [1.807, 2.05) is 18.2 Å². The Bertz CT molecular complexity index is 1150. The largest absolute Gasteiger partial charge is 0.512 e. The van der Waals surface area contributed by atoms with Crippen LogP contribution in [-0.4, -0.2) is 15.8 Å². The Morgan fingerprint density at radius 2 is 1.92 bits per heavy atom. The molecule has 26 heavy (non-hydrogen) atoms. The van der Waals surface area contributed by atoms with E-state index in [-0.39, 0.29) is 11.7 Å². The van der Waals surface area contributed by atoms with Crippen LogP contribution in [0.15, 0.2) is 60.7 Å². The number of halogens is 2. The van der Waals surface area contributed by atoms with Crippen LogP contribution in [0.25, 0.3) is 21.7 Å². The van der Waals surface area contributed by atoms with Crippen LogP contribution in [0, 0.1) is 5.82 Å². The molecule has 0 unspecified atom stereocenters. The molecule has 6 heteroatoms. The molecule has 130 valence electrons. The van der Waals surface area contributed by atoms with Gasteiger partial charge in [0.2, 0.25) is 5.88 Å². The van der Waals surface area contributed by atoms with Gasteiger partial charge in [-0.1, -0.05) is 35.9 Å². The molecule has 0 amide bonds. The van der Waals surface area contributed by atoms with Gasteiger partial charge in [0.25, 0.3) is 0 Å². The molecule has 0 atom stereocenters. The summed E-state index contributed by atoms with van der Waals surface area (Å²) in [5.74, 6) is -0.140. The van der Waals surface area contributed by atoms with Crippen LogP contribution >= 0.6 is 11.6 Å². The van der Waals surface area contributed by atoms with Crippen LogP contribution < -0.4 is 4.74 Å². The number of benzene rings is 3. The molecular weight excluding hydrogens is 357 g/mol. The van der Waals surface area contributed by atoms with E-state index in [1.54, 1.807) is 34.9 Å². The van der Waals surface area contributed by atoms with Gasteiger partial charge in [-0.05, 0) is 46.7 Å². The first-order valence-corrected chi connectivity index (χ1v) is 8.26. The average molecular weight is 370 g/mol. The second-order valence-corrected chi connectivity index (χ2v) is 6.36. The third kappa shape index (κ3) is 2.97. The van der Waals surface area contributed by atoms with Crippen molar-refractivity contribution in [3.63, 3.8) is 0 Å². The Hall–Kier alpha value is -3.05. The van der Waals surface area contributed by atoms with Crippen molar-refractivity contribution in [1.82, 2.24) is 4.57 Å². The van der Waals surface area contributed by atoms with E-state index in [0.29, 0.717) is 11.6 Å². The molecule has 1 N–H and O–H groups in total. The van der Waals surface area contributed by atoms with Gasteiger partial charge in [-0.3, -0.25) is 0 Å². The maximum absolute atomic E-state index is 13.7. The summed E-state index contributed by atoms with van der Waals surface area (Å²) in [6.07, 6.45) is -1.40. The molecule has 0 saturated carbocycles. The number of aromatic nitrogens is 1. The number of carbonyl (C=O) groups is 1. The van der Waals surface area contributed by atoms with Crippen LogP contribution in [0.2, 0.25) is 5.02 Å². The topological polar surface area (TPSA) is 51.5 Å². The van der Waals surface area contributed by atoms with E-state index in [4.69, 9.17) is 21.4 Å². The zero-order valence-electron chi connectivity index (χ0n) is 13.4. The van der Waals surface area contributed by atoms with Crippen molar-refractivity contribution in [2.45, 2.75) is 6.54 Å². The predicted octanol–water partition coefficient (Wildman–Crippen LogP) is 5.69. The van der Waals surface area contributed by atoms with Gasteiger partial charge in [-0.2, -0.15) is 0 Å². The van der Waals surface area contributed by atoms with Gasteiger partial charge in [0.1, 0.15) is 5.82 Å². The Morgan fingerprint density at radius 3 is 2.73 bits per heavy atom. The fourth-order valence-corrected chi connectivity index (χ4v) is 3.35. The van der Waals surface area contributed by atoms with E-state index in [0.717, 1.165) is 27.2 Å². The minimum Gasteiger partial charge on any atom is -0.449 e. The molecule has 4 rings (SSSR count). The zero-order valence-corrected chi connectivity index (χ0v) is 14.2. The fourth-order valence-electron chi connectivity index (χ4n) is 3.17. The van der Waals surface area contributed by atoms with Gasteiger partial charge in [0, 0.05) is 16.5 Å². The number of nitrogens with zero attached hydrogens (tertiary/aromatic N) is 1. The van der Waals surface area contributed by atoms with Crippen LogP contribution in [0.3, 0.4) is 0 Å². The monoisotopic (exact) mass is 369 g/mol. The molecule has 0 aliphatic heterocycles. The van der Waals surface area contributed by atoms with E-state index in [1.165, 1.54) is 12.1 Å². The molecule has 0 aliphatic carbocycles. The highest BCUT2D eigenvalue weighted by Crippen LogP contribution is 2.30. The lowest BCUT2D eigenvalue weighted by Crippen LogP contribution is -2.09. The average Bonchev–Trinajstić information content (AvgIpc) is 2.91. The third-order valence-corrected chi connectivity index (χ3v) is 4.52. The Balaban J connectivity index is 1.89. The van der Waals surface area contributed by atoms with Crippen molar-refractivity contribution in [3.8, 4) is 5.88 Å². The summed E-state index contributed by atoms with van der Waals surface area (Å²) < 4.78 is 20.4. The maximum atomic E-state index is 13.7. The van der Waals surface area contributed by atoms with Gasteiger partial charge in [-0.25, -0.2) is 9.18 Å². The molecule has 0 bridgehead atoms. The third-order valence-electron chi connectivity index (χ3n) is 4.28. The van der Waals surface area contributed by atoms with Crippen LogP contribution in [0.4, 0.5) is 9.18 Å². The van der Waals surface area contributed by atoms with Crippen molar-refractivity contribution in [2.75, 3.05) is 0 Å². The van der Waals surface area contributed by atoms with Crippen molar-refractivity contribution in [3.05, 3.63) is 77.1 Å². The molecule has 0 saturated heterocycles. The van der Waals surface area contributed by atoms with Gasteiger partial charge < -0.3 is 14.4 Å². The van der Waals surface area contributed by atoms with Gasteiger partial charge in [0.15, 0.2) is 0 Å². The number of hydrogen-bond donors (Lipinski definition) is 1. The summed E-state index contributed by atoms with van der Waals surface area (Å²) in [4.78, 5) is 11.1. The predicted molar refractivity (Wildman–Crippen MR) is 98.6 cm³/mol. The summed E-state index contributed by atoms with van der Waals surface area (Å²) >= 11 is 6.03. The van der Waals surface area contributed by atoms with E-state index < -0.39 is 6.16 Å². The van der Waals surface area contributed by atoms with Crippen molar-refractivity contribution in [2.24, 2.45) is 0 Å². The summed E-state index contributed by atoms with van der Waals surface area (Å²) in [5, 5.41) is 12.0. The molecule has 1 heterocycles. The lowest BCUT2D eigenvalue weighted by atomic mass is 10.0. The Kier molecular flexibility index (Phi) is 4.01. The molecule has 0 aliphatic rings. The SMILES string of the molecule is O=C(O)Oc1cc2cc(Cl)ccc2n1Cc1cccc2ccc(F)cc12. The Morgan fingerprint density at radius 1 is 1.08 bits per heavy atom. The highest BCUT2D eigenvalue weighted by atomic mass is 35.5. The quantitative estimate of drug-likeness (QED) is 0.472. The van der Waals surface area contributed by atoms with Crippen molar-refractivity contribution >= 4 is 39.4 Å². The highest BCUT2D eigenvalue weighted by Gasteiger charge is 2.15. The van der Waals surface area contributed by atoms with Crippen LogP contribution in [-0.2, 0) is 6.54 Å². The summed E-state index contributed by atoms with van der Waals surface area (Å²) in [6.45, 7) is 0.328. The number of hydrogen-bond acceptors (Lipinski definition) is 2. The molecule has 4 nitrogen and oxygen atoms in total. The normalized spacial score (nSPS) is 11.2. The fraction of sp³-hybridized carbons (Fsp3) is 0.0500. The highest BCUT2D eigenvalue weighted by molar-refractivity contribution is 6.31. The summed E-state index contributed by atoms with van der Waals surface area (Å²) in [5.41, 5.74) is 1.63. The summed E-state index contributed by atoms with van der Waals surface area (Å²) in [7, 11) is 0. The van der Waals surface area contributed by atoms with E-state index >= 15 is 0 Å². The standard InChI is InChI=1S/C20H13ClFNO3/c21-15-5-7-18-14(8-15)9-19(26-20(24)25)23(18)11-13-3-1-2-12-4-6-16(22)10-17(12)13/h1-10H,11H2,(H,24,25). The zero-order chi connectivity index (χ0) is 18.3. The lowest BCUT2D eigenvalue weighted by Gasteiger charge is -2.12. The molecule has 3 aromatic carbocycles. The Labute approximate surface area is 153 Å². The molecule has 0 radical (unpaired) electrons. The van der Waals surface area contributed by atoms with E-state index in [9.17, 15) is 9.18 Å². The second-order valence-electron chi connectivity index (χ2n) is 5.92. The smallest absolute Gasteiger partial charge is 0.449 e. The lowest BCUT2D eigenvalue weighted by molar-refractivity contribution is 0.141.